The maximum atomic E-state index is 5.29. The lowest BCUT2D eigenvalue weighted by Gasteiger charge is -2.10. The summed E-state index contributed by atoms with van der Waals surface area (Å²) in [5, 5.41) is 0. The summed E-state index contributed by atoms with van der Waals surface area (Å²) in [4.78, 5) is 4.52. The fourth-order valence-electron chi connectivity index (χ4n) is 2.08. The van der Waals surface area contributed by atoms with E-state index < -0.39 is 0 Å². The first-order valence-electron chi connectivity index (χ1n) is 7.96. The molecule has 2 aromatic rings. The average molecular weight is 323 g/mol. The van der Waals surface area contributed by atoms with Crippen molar-refractivity contribution in [1.82, 2.24) is 0 Å². The molecule has 24 heavy (non-hydrogen) atoms. The van der Waals surface area contributed by atoms with Crippen LogP contribution in [0.5, 0.6) is 11.5 Å². The minimum atomic E-state index is -0.0516. The van der Waals surface area contributed by atoms with Gasteiger partial charge in [-0.3, -0.25) is 4.99 Å². The summed E-state index contributed by atoms with van der Waals surface area (Å²) < 4.78 is 10.6. The fraction of sp³-hybridized carbons (Fsp3) is 0.286. The summed E-state index contributed by atoms with van der Waals surface area (Å²) in [5.74, 6) is 1.56. The van der Waals surface area contributed by atoms with Crippen molar-refractivity contribution in [3.8, 4) is 11.5 Å². The third-order valence-corrected chi connectivity index (χ3v) is 3.38. The van der Waals surface area contributed by atoms with E-state index in [1.54, 1.807) is 14.2 Å². The van der Waals surface area contributed by atoms with Crippen LogP contribution in [-0.2, 0) is 0 Å². The zero-order valence-corrected chi connectivity index (χ0v) is 15.0. The summed E-state index contributed by atoms with van der Waals surface area (Å²) >= 11 is 0. The van der Waals surface area contributed by atoms with Crippen LogP contribution < -0.4 is 9.47 Å². The van der Waals surface area contributed by atoms with Gasteiger partial charge in [-0.1, -0.05) is 36.4 Å². The van der Waals surface area contributed by atoms with Gasteiger partial charge in [0.1, 0.15) is 11.5 Å². The highest BCUT2D eigenvalue weighted by Crippen LogP contribution is 2.23. The Hall–Kier alpha value is -2.55. The number of ether oxygens (including phenoxy) is 2. The maximum Gasteiger partial charge on any atom is 0.123 e. The van der Waals surface area contributed by atoms with Crippen molar-refractivity contribution in [2.45, 2.75) is 26.3 Å². The van der Waals surface area contributed by atoms with Crippen molar-refractivity contribution in [1.29, 1.82) is 0 Å². The standard InChI is InChI=1S/C21H25NO2/c1-21(2,3)22-15-17-9-6-16(7-10-17)8-11-18-12-19(23-4)14-20(13-18)24-5/h6-15H,1-5H3/b11-8+,22-15?. The highest BCUT2D eigenvalue weighted by molar-refractivity contribution is 5.81. The molecule has 3 heteroatoms. The Labute approximate surface area is 144 Å². The van der Waals surface area contributed by atoms with Crippen molar-refractivity contribution in [2.75, 3.05) is 14.2 Å². The zero-order chi connectivity index (χ0) is 17.6. The molecular formula is C21H25NO2. The van der Waals surface area contributed by atoms with E-state index in [4.69, 9.17) is 9.47 Å². The third kappa shape index (κ3) is 5.58. The Morgan fingerprint density at radius 2 is 1.25 bits per heavy atom. The lowest BCUT2D eigenvalue weighted by Crippen LogP contribution is -2.09. The molecule has 0 aliphatic rings. The lowest BCUT2D eigenvalue weighted by molar-refractivity contribution is 0.394. The van der Waals surface area contributed by atoms with E-state index in [0.29, 0.717) is 0 Å². The van der Waals surface area contributed by atoms with Crippen LogP contribution in [0.25, 0.3) is 12.2 Å². The van der Waals surface area contributed by atoms with Gasteiger partial charge < -0.3 is 9.47 Å². The van der Waals surface area contributed by atoms with Gasteiger partial charge in [-0.05, 0) is 49.6 Å². The molecule has 2 aromatic carbocycles. The van der Waals surface area contributed by atoms with Crippen molar-refractivity contribution in [3.63, 3.8) is 0 Å². The van der Waals surface area contributed by atoms with Gasteiger partial charge in [0, 0.05) is 12.3 Å². The lowest BCUT2D eigenvalue weighted by atomic mass is 10.1. The molecule has 2 rings (SSSR count). The molecule has 0 heterocycles. The molecule has 0 atom stereocenters. The minimum absolute atomic E-state index is 0.0516. The maximum absolute atomic E-state index is 5.29. The van der Waals surface area contributed by atoms with Crippen molar-refractivity contribution in [3.05, 3.63) is 59.2 Å². The summed E-state index contributed by atoms with van der Waals surface area (Å²) in [6.45, 7) is 6.26. The molecule has 0 bridgehead atoms. The Kier molecular flexibility index (Phi) is 5.80. The number of hydrogen-bond donors (Lipinski definition) is 0. The van der Waals surface area contributed by atoms with E-state index in [1.165, 1.54) is 0 Å². The Balaban J connectivity index is 2.13. The first-order valence-corrected chi connectivity index (χ1v) is 7.96. The SMILES string of the molecule is COc1cc(/C=C/c2ccc(C=NC(C)(C)C)cc2)cc(OC)c1. The van der Waals surface area contributed by atoms with Gasteiger partial charge >= 0.3 is 0 Å². The Morgan fingerprint density at radius 3 is 1.75 bits per heavy atom. The van der Waals surface area contributed by atoms with Crippen LogP contribution in [0, 0.1) is 0 Å². The van der Waals surface area contributed by atoms with Crippen LogP contribution >= 0.6 is 0 Å². The quantitative estimate of drug-likeness (QED) is 0.567. The first kappa shape index (κ1) is 17.8. The molecule has 0 unspecified atom stereocenters. The van der Waals surface area contributed by atoms with E-state index >= 15 is 0 Å². The van der Waals surface area contributed by atoms with Crippen molar-refractivity contribution in [2.24, 2.45) is 4.99 Å². The van der Waals surface area contributed by atoms with Crippen LogP contribution in [0.2, 0.25) is 0 Å². The van der Waals surface area contributed by atoms with Gasteiger partial charge in [0.2, 0.25) is 0 Å². The van der Waals surface area contributed by atoms with Gasteiger partial charge in [0.05, 0.1) is 19.8 Å². The van der Waals surface area contributed by atoms with Gasteiger partial charge in [-0.25, -0.2) is 0 Å². The Morgan fingerprint density at radius 1 is 0.750 bits per heavy atom. The van der Waals surface area contributed by atoms with Crippen LogP contribution in [0.15, 0.2) is 47.5 Å². The monoisotopic (exact) mass is 323 g/mol. The van der Waals surface area contributed by atoms with E-state index in [1.807, 2.05) is 30.5 Å². The van der Waals surface area contributed by atoms with Gasteiger partial charge in [0.15, 0.2) is 0 Å². The van der Waals surface area contributed by atoms with Crippen LogP contribution in [-0.4, -0.2) is 26.0 Å². The number of aliphatic imine (C=N–C) groups is 1. The number of methoxy groups -OCH3 is 2. The van der Waals surface area contributed by atoms with Crippen molar-refractivity contribution >= 4 is 18.4 Å². The van der Waals surface area contributed by atoms with Crippen LogP contribution in [0.1, 0.15) is 37.5 Å². The molecule has 0 amide bonds. The summed E-state index contributed by atoms with van der Waals surface area (Å²) in [6, 6.07) is 14.1. The molecule has 0 saturated carbocycles. The molecule has 0 radical (unpaired) electrons. The van der Waals surface area contributed by atoms with Crippen molar-refractivity contribution < 1.29 is 9.47 Å². The van der Waals surface area contributed by atoms with E-state index in [-0.39, 0.29) is 5.54 Å². The second-order valence-corrected chi connectivity index (χ2v) is 6.58. The molecule has 0 N–H and O–H groups in total. The first-order chi connectivity index (χ1) is 11.4. The van der Waals surface area contributed by atoms with E-state index in [2.05, 4.69) is 56.1 Å². The topological polar surface area (TPSA) is 30.8 Å². The normalized spacial score (nSPS) is 12.0. The van der Waals surface area contributed by atoms with E-state index in [0.717, 1.165) is 28.2 Å². The highest BCUT2D eigenvalue weighted by atomic mass is 16.5. The molecule has 0 spiro atoms. The largest absolute Gasteiger partial charge is 0.497 e. The highest BCUT2D eigenvalue weighted by Gasteiger charge is 2.04. The number of nitrogens with zero attached hydrogens (tertiary/aromatic N) is 1. The zero-order valence-electron chi connectivity index (χ0n) is 15.0. The molecule has 0 fully saturated rings. The van der Waals surface area contributed by atoms with Gasteiger partial charge in [-0.15, -0.1) is 0 Å². The molecule has 0 aromatic heterocycles. The molecule has 0 saturated heterocycles. The summed E-state index contributed by atoms with van der Waals surface area (Å²) in [7, 11) is 3.31. The predicted octanol–water partition coefficient (Wildman–Crippen LogP) is 5.09. The molecule has 0 aliphatic carbocycles. The fourth-order valence-corrected chi connectivity index (χ4v) is 2.08. The number of rotatable bonds is 5. The number of hydrogen-bond acceptors (Lipinski definition) is 3. The average Bonchev–Trinajstić information content (AvgIpc) is 2.58. The Bertz CT molecular complexity index is 700. The smallest absolute Gasteiger partial charge is 0.123 e. The third-order valence-electron chi connectivity index (χ3n) is 3.38. The molecular weight excluding hydrogens is 298 g/mol. The second-order valence-electron chi connectivity index (χ2n) is 6.58. The molecule has 0 aliphatic heterocycles. The van der Waals surface area contributed by atoms with Crippen LogP contribution in [0.3, 0.4) is 0 Å². The number of benzene rings is 2. The predicted molar refractivity (Wildman–Crippen MR) is 102 cm³/mol. The van der Waals surface area contributed by atoms with E-state index in [9.17, 15) is 0 Å². The van der Waals surface area contributed by atoms with Gasteiger partial charge in [-0.2, -0.15) is 0 Å². The summed E-state index contributed by atoms with van der Waals surface area (Å²) in [5.41, 5.74) is 3.21. The van der Waals surface area contributed by atoms with Crippen LogP contribution in [0.4, 0.5) is 0 Å². The molecule has 126 valence electrons. The molecule has 3 nitrogen and oxygen atoms in total. The van der Waals surface area contributed by atoms with Gasteiger partial charge in [0.25, 0.3) is 0 Å². The second kappa shape index (κ2) is 7.82. The summed E-state index contributed by atoms with van der Waals surface area (Å²) in [6.07, 6.45) is 6.03. The minimum Gasteiger partial charge on any atom is -0.497 e.